The van der Waals surface area contributed by atoms with Crippen molar-refractivity contribution in [3.05, 3.63) is 53.2 Å². The van der Waals surface area contributed by atoms with Crippen molar-refractivity contribution in [1.29, 1.82) is 0 Å². The summed E-state index contributed by atoms with van der Waals surface area (Å²) in [5.41, 5.74) is 2.36. The molecule has 0 fully saturated rings. The van der Waals surface area contributed by atoms with E-state index in [0.29, 0.717) is 23.7 Å². The van der Waals surface area contributed by atoms with Crippen LogP contribution in [-0.2, 0) is 11.3 Å². The van der Waals surface area contributed by atoms with Gasteiger partial charge in [-0.2, -0.15) is 0 Å². The summed E-state index contributed by atoms with van der Waals surface area (Å²) in [5, 5.41) is 2.79. The van der Waals surface area contributed by atoms with E-state index < -0.39 is 0 Å². The first kappa shape index (κ1) is 18.4. The van der Waals surface area contributed by atoms with E-state index in [0.717, 1.165) is 11.1 Å². The van der Waals surface area contributed by atoms with Gasteiger partial charge in [-0.3, -0.25) is 9.59 Å². The second kappa shape index (κ2) is 8.82. The number of hydrogen-bond acceptors (Lipinski definition) is 5. The summed E-state index contributed by atoms with van der Waals surface area (Å²) < 4.78 is 10.3. The van der Waals surface area contributed by atoms with Crippen LogP contribution in [-0.4, -0.2) is 30.9 Å². The van der Waals surface area contributed by atoms with E-state index in [2.05, 4.69) is 10.3 Å². The number of rotatable bonds is 8. The second-order valence-corrected chi connectivity index (χ2v) is 5.61. The monoisotopic (exact) mass is 342 g/mol. The zero-order valence-electron chi connectivity index (χ0n) is 14.7. The van der Waals surface area contributed by atoms with Gasteiger partial charge < -0.3 is 14.8 Å². The van der Waals surface area contributed by atoms with Crippen molar-refractivity contribution in [3.8, 4) is 11.6 Å². The SMILES string of the molecule is COc1cc(CNC(=O)CCC(=O)c2cc(C)ccc2OC)ccn1. The Hall–Kier alpha value is -2.89. The third-order valence-corrected chi connectivity index (χ3v) is 3.73. The summed E-state index contributed by atoms with van der Waals surface area (Å²) >= 11 is 0. The van der Waals surface area contributed by atoms with Crippen LogP contribution in [0, 0.1) is 6.92 Å². The van der Waals surface area contributed by atoms with Gasteiger partial charge in [-0.05, 0) is 30.7 Å². The minimum absolute atomic E-state index is 0.110. The number of benzene rings is 1. The third-order valence-electron chi connectivity index (χ3n) is 3.73. The molecule has 0 saturated carbocycles. The van der Waals surface area contributed by atoms with Crippen LogP contribution in [0.25, 0.3) is 0 Å². The molecule has 0 unspecified atom stereocenters. The predicted octanol–water partition coefficient (Wildman–Crippen LogP) is 2.69. The molecule has 0 atom stereocenters. The number of aromatic nitrogens is 1. The molecule has 0 aliphatic carbocycles. The number of ether oxygens (including phenoxy) is 2. The molecule has 1 aromatic carbocycles. The second-order valence-electron chi connectivity index (χ2n) is 5.61. The Morgan fingerprint density at radius 2 is 1.88 bits per heavy atom. The smallest absolute Gasteiger partial charge is 0.220 e. The van der Waals surface area contributed by atoms with E-state index >= 15 is 0 Å². The third kappa shape index (κ3) is 5.31. The number of hydrogen-bond donors (Lipinski definition) is 1. The molecule has 1 N–H and O–H groups in total. The van der Waals surface area contributed by atoms with Crippen LogP contribution in [0.2, 0.25) is 0 Å². The van der Waals surface area contributed by atoms with E-state index in [-0.39, 0.29) is 24.5 Å². The zero-order valence-corrected chi connectivity index (χ0v) is 14.7. The molecule has 6 nitrogen and oxygen atoms in total. The zero-order chi connectivity index (χ0) is 18.2. The summed E-state index contributed by atoms with van der Waals surface area (Å²) in [6.45, 7) is 2.27. The Morgan fingerprint density at radius 1 is 1.08 bits per heavy atom. The molecule has 25 heavy (non-hydrogen) atoms. The molecule has 1 aromatic heterocycles. The van der Waals surface area contributed by atoms with Gasteiger partial charge in [0.05, 0.1) is 19.8 Å². The highest BCUT2D eigenvalue weighted by molar-refractivity contribution is 6.00. The van der Waals surface area contributed by atoms with Crippen LogP contribution in [0.5, 0.6) is 11.6 Å². The number of pyridine rings is 1. The predicted molar refractivity (Wildman–Crippen MR) is 93.9 cm³/mol. The quantitative estimate of drug-likeness (QED) is 0.746. The van der Waals surface area contributed by atoms with Gasteiger partial charge >= 0.3 is 0 Å². The van der Waals surface area contributed by atoms with Crippen LogP contribution in [0.3, 0.4) is 0 Å². The first-order valence-electron chi connectivity index (χ1n) is 7.97. The Labute approximate surface area is 147 Å². The fourth-order valence-corrected chi connectivity index (χ4v) is 2.36. The number of aryl methyl sites for hydroxylation is 1. The highest BCUT2D eigenvalue weighted by Gasteiger charge is 2.14. The molecule has 0 radical (unpaired) electrons. The van der Waals surface area contributed by atoms with Crippen LogP contribution < -0.4 is 14.8 Å². The molecule has 0 aliphatic rings. The molecule has 0 saturated heterocycles. The van der Waals surface area contributed by atoms with Gasteiger partial charge in [-0.1, -0.05) is 11.6 Å². The van der Waals surface area contributed by atoms with Gasteiger partial charge in [-0.25, -0.2) is 4.98 Å². The van der Waals surface area contributed by atoms with Crippen LogP contribution >= 0.6 is 0 Å². The van der Waals surface area contributed by atoms with Crippen molar-refractivity contribution < 1.29 is 19.1 Å². The fourth-order valence-electron chi connectivity index (χ4n) is 2.36. The van der Waals surface area contributed by atoms with Gasteiger partial charge in [0.15, 0.2) is 5.78 Å². The van der Waals surface area contributed by atoms with Gasteiger partial charge in [-0.15, -0.1) is 0 Å². The highest BCUT2D eigenvalue weighted by atomic mass is 16.5. The average Bonchev–Trinajstić information content (AvgIpc) is 2.64. The van der Waals surface area contributed by atoms with Crippen molar-refractivity contribution in [3.63, 3.8) is 0 Å². The molecule has 0 aliphatic heterocycles. The average molecular weight is 342 g/mol. The molecule has 2 rings (SSSR count). The number of ketones is 1. The van der Waals surface area contributed by atoms with Gasteiger partial charge in [0.1, 0.15) is 5.75 Å². The lowest BCUT2D eigenvalue weighted by molar-refractivity contribution is -0.121. The van der Waals surface area contributed by atoms with Crippen molar-refractivity contribution in [2.75, 3.05) is 14.2 Å². The maximum Gasteiger partial charge on any atom is 0.220 e. The molecule has 2 aromatic rings. The lowest BCUT2D eigenvalue weighted by Gasteiger charge is -2.09. The van der Waals surface area contributed by atoms with E-state index in [1.165, 1.54) is 14.2 Å². The van der Waals surface area contributed by atoms with Crippen LogP contribution in [0.4, 0.5) is 0 Å². The van der Waals surface area contributed by atoms with Gasteiger partial charge in [0.25, 0.3) is 0 Å². The van der Waals surface area contributed by atoms with Gasteiger partial charge in [0.2, 0.25) is 11.8 Å². The number of carbonyl (C=O) groups is 2. The van der Waals surface area contributed by atoms with E-state index in [1.54, 1.807) is 30.5 Å². The van der Waals surface area contributed by atoms with Crippen molar-refractivity contribution >= 4 is 11.7 Å². The summed E-state index contributed by atoms with van der Waals surface area (Å²) in [5.74, 6) is 0.727. The van der Waals surface area contributed by atoms with Crippen molar-refractivity contribution in [2.45, 2.75) is 26.3 Å². The summed E-state index contributed by atoms with van der Waals surface area (Å²) in [4.78, 5) is 28.4. The molecule has 0 spiro atoms. The number of carbonyl (C=O) groups excluding carboxylic acids is 2. The minimum Gasteiger partial charge on any atom is -0.496 e. The Bertz CT molecular complexity index is 759. The summed E-state index contributed by atoms with van der Waals surface area (Å²) in [7, 11) is 3.06. The van der Waals surface area contributed by atoms with Crippen molar-refractivity contribution in [1.82, 2.24) is 10.3 Å². The Morgan fingerprint density at radius 3 is 2.60 bits per heavy atom. The number of Topliss-reactive ketones (excluding diaryl/α,β-unsaturated/α-hetero) is 1. The summed E-state index contributed by atoms with van der Waals surface area (Å²) in [6, 6.07) is 8.97. The first-order chi connectivity index (χ1) is 12.0. The maximum atomic E-state index is 12.4. The lowest BCUT2D eigenvalue weighted by Crippen LogP contribution is -2.23. The molecule has 132 valence electrons. The Balaban J connectivity index is 1.87. The molecule has 6 heteroatoms. The first-order valence-corrected chi connectivity index (χ1v) is 7.97. The minimum atomic E-state index is -0.184. The highest BCUT2D eigenvalue weighted by Crippen LogP contribution is 2.21. The Kier molecular flexibility index (Phi) is 6.51. The van der Waals surface area contributed by atoms with Crippen LogP contribution in [0.1, 0.15) is 34.3 Å². The number of methoxy groups -OCH3 is 2. The number of nitrogens with zero attached hydrogens (tertiary/aromatic N) is 1. The summed E-state index contributed by atoms with van der Waals surface area (Å²) in [6.07, 6.45) is 1.87. The lowest BCUT2D eigenvalue weighted by atomic mass is 10.0. The maximum absolute atomic E-state index is 12.4. The van der Waals surface area contributed by atoms with E-state index in [9.17, 15) is 9.59 Å². The fraction of sp³-hybridized carbons (Fsp3) is 0.316. The van der Waals surface area contributed by atoms with E-state index in [1.807, 2.05) is 13.0 Å². The van der Waals surface area contributed by atoms with Crippen molar-refractivity contribution in [2.24, 2.45) is 0 Å². The number of amides is 1. The topological polar surface area (TPSA) is 77.5 Å². The molecular formula is C19H22N2O4. The van der Waals surface area contributed by atoms with E-state index in [4.69, 9.17) is 9.47 Å². The normalized spacial score (nSPS) is 10.2. The molecular weight excluding hydrogens is 320 g/mol. The van der Waals surface area contributed by atoms with Gasteiger partial charge in [0, 0.05) is 31.6 Å². The molecule has 1 amide bonds. The van der Waals surface area contributed by atoms with Crippen LogP contribution in [0.15, 0.2) is 36.5 Å². The molecule has 0 bridgehead atoms. The standard InChI is InChI=1S/C19H22N2O4/c1-13-4-6-17(24-2)15(10-13)16(22)5-7-18(23)21-12-14-8-9-20-19(11-14)25-3/h4,6,8-11H,5,7,12H2,1-3H3,(H,21,23). The molecule has 1 heterocycles. The number of nitrogens with one attached hydrogen (secondary N) is 1. The largest absolute Gasteiger partial charge is 0.496 e.